The summed E-state index contributed by atoms with van der Waals surface area (Å²) in [6.45, 7) is 0. The highest BCUT2D eigenvalue weighted by Gasteiger charge is 2.16. The number of ketones is 1. The number of hydrogen-bond donors (Lipinski definition) is 1. The van der Waals surface area contributed by atoms with E-state index in [0.717, 1.165) is 16.5 Å². The Morgan fingerprint density at radius 1 is 1.05 bits per heavy atom. The summed E-state index contributed by atoms with van der Waals surface area (Å²) >= 11 is 0. The average Bonchev–Trinajstić information content (AvgIpc) is 2.54. The molecule has 0 bridgehead atoms. The van der Waals surface area contributed by atoms with Crippen molar-refractivity contribution in [1.29, 1.82) is 0 Å². The number of carbonyl (C=O) groups excluding carboxylic acids is 1. The lowest BCUT2D eigenvalue weighted by Crippen LogP contribution is -2.32. The van der Waals surface area contributed by atoms with E-state index in [-0.39, 0.29) is 5.78 Å². The molecule has 0 fully saturated rings. The maximum atomic E-state index is 12.4. The Balaban J connectivity index is 1.82. The minimum Gasteiger partial charge on any atom is -0.321 e. The van der Waals surface area contributed by atoms with E-state index in [4.69, 9.17) is 5.73 Å². The first-order valence-corrected chi connectivity index (χ1v) is 6.92. The molecule has 0 aliphatic carbocycles. The van der Waals surface area contributed by atoms with E-state index < -0.39 is 6.04 Å². The van der Waals surface area contributed by atoms with Gasteiger partial charge >= 0.3 is 0 Å². The van der Waals surface area contributed by atoms with Gasteiger partial charge in [0.15, 0.2) is 5.78 Å². The summed E-state index contributed by atoms with van der Waals surface area (Å²) in [5.74, 6) is -0.0374. The molecule has 3 heteroatoms. The molecule has 3 aromatic rings. The summed E-state index contributed by atoms with van der Waals surface area (Å²) in [5.41, 5.74) is 8.65. The number of aromatic nitrogens is 1. The molecule has 0 spiro atoms. The van der Waals surface area contributed by atoms with Crippen molar-refractivity contribution in [3.63, 3.8) is 0 Å². The van der Waals surface area contributed by atoms with Gasteiger partial charge in [-0.3, -0.25) is 9.78 Å². The predicted octanol–water partition coefficient (Wildman–Crippen LogP) is 2.99. The molecule has 1 aromatic heterocycles. The van der Waals surface area contributed by atoms with Crippen molar-refractivity contribution < 1.29 is 4.79 Å². The molecule has 0 saturated carbocycles. The van der Waals surface area contributed by atoms with E-state index in [1.807, 2.05) is 54.6 Å². The van der Waals surface area contributed by atoms with Gasteiger partial charge in [-0.1, -0.05) is 36.4 Å². The van der Waals surface area contributed by atoms with Crippen LogP contribution in [0.3, 0.4) is 0 Å². The highest BCUT2D eigenvalue weighted by molar-refractivity contribution is 6.02. The number of pyridine rings is 1. The lowest BCUT2D eigenvalue weighted by Gasteiger charge is -2.11. The third-order valence-corrected chi connectivity index (χ3v) is 3.52. The Bertz CT molecular complexity index is 768. The van der Waals surface area contributed by atoms with Gasteiger partial charge in [0.2, 0.25) is 0 Å². The van der Waals surface area contributed by atoms with Crippen LogP contribution in [0.4, 0.5) is 0 Å². The minimum absolute atomic E-state index is 0.0374. The third kappa shape index (κ3) is 2.98. The molecule has 104 valence electrons. The van der Waals surface area contributed by atoms with E-state index in [1.54, 1.807) is 12.3 Å². The summed E-state index contributed by atoms with van der Waals surface area (Å²) in [6.07, 6.45) is 2.29. The van der Waals surface area contributed by atoms with Gasteiger partial charge in [-0.15, -0.1) is 0 Å². The average molecular weight is 276 g/mol. The van der Waals surface area contributed by atoms with Crippen molar-refractivity contribution in [2.75, 3.05) is 0 Å². The zero-order valence-electron chi connectivity index (χ0n) is 11.6. The zero-order valence-corrected chi connectivity index (χ0v) is 11.6. The molecule has 21 heavy (non-hydrogen) atoms. The first-order valence-electron chi connectivity index (χ1n) is 6.92. The number of rotatable bonds is 4. The molecule has 2 aromatic carbocycles. The van der Waals surface area contributed by atoms with Crippen LogP contribution < -0.4 is 5.73 Å². The molecule has 3 nitrogen and oxygen atoms in total. The van der Waals surface area contributed by atoms with Crippen LogP contribution in [0.5, 0.6) is 0 Å². The maximum Gasteiger partial charge on any atom is 0.179 e. The number of benzene rings is 2. The predicted molar refractivity (Wildman–Crippen MR) is 84.2 cm³/mol. The molecule has 0 radical (unpaired) electrons. The lowest BCUT2D eigenvalue weighted by atomic mass is 9.97. The van der Waals surface area contributed by atoms with Crippen molar-refractivity contribution in [1.82, 2.24) is 4.98 Å². The summed E-state index contributed by atoms with van der Waals surface area (Å²) in [6, 6.07) is 18.6. The molecule has 0 amide bonds. The molecule has 2 N–H and O–H groups in total. The van der Waals surface area contributed by atoms with Gasteiger partial charge in [0, 0.05) is 17.1 Å². The van der Waals surface area contributed by atoms with Gasteiger partial charge in [-0.05, 0) is 36.2 Å². The Morgan fingerprint density at radius 2 is 1.86 bits per heavy atom. The van der Waals surface area contributed by atoms with Crippen LogP contribution in [0.2, 0.25) is 0 Å². The summed E-state index contributed by atoms with van der Waals surface area (Å²) in [5, 5.41) is 0.954. The van der Waals surface area contributed by atoms with Crippen LogP contribution in [0.25, 0.3) is 10.9 Å². The van der Waals surface area contributed by atoms with Crippen molar-refractivity contribution >= 4 is 16.7 Å². The van der Waals surface area contributed by atoms with Crippen LogP contribution >= 0.6 is 0 Å². The Morgan fingerprint density at radius 3 is 2.67 bits per heavy atom. The number of hydrogen-bond acceptors (Lipinski definition) is 3. The third-order valence-electron chi connectivity index (χ3n) is 3.52. The maximum absolute atomic E-state index is 12.4. The van der Waals surface area contributed by atoms with Gasteiger partial charge in [0.05, 0.1) is 11.6 Å². The fourth-order valence-electron chi connectivity index (χ4n) is 2.40. The second-order valence-electron chi connectivity index (χ2n) is 5.07. The van der Waals surface area contributed by atoms with Gasteiger partial charge in [-0.25, -0.2) is 0 Å². The van der Waals surface area contributed by atoms with Gasteiger partial charge in [0.25, 0.3) is 0 Å². The topological polar surface area (TPSA) is 56.0 Å². The molecule has 1 unspecified atom stereocenters. The van der Waals surface area contributed by atoms with Crippen LogP contribution in [-0.2, 0) is 6.42 Å². The summed E-state index contributed by atoms with van der Waals surface area (Å²) in [7, 11) is 0. The van der Waals surface area contributed by atoms with Crippen LogP contribution in [-0.4, -0.2) is 16.8 Å². The van der Waals surface area contributed by atoms with E-state index in [2.05, 4.69) is 4.98 Å². The quantitative estimate of drug-likeness (QED) is 0.745. The van der Waals surface area contributed by atoms with Crippen LogP contribution in [0, 0.1) is 0 Å². The normalized spacial score (nSPS) is 12.2. The second-order valence-corrected chi connectivity index (χ2v) is 5.07. The smallest absolute Gasteiger partial charge is 0.179 e. The summed E-state index contributed by atoms with van der Waals surface area (Å²) in [4.78, 5) is 16.7. The molecule has 1 heterocycles. The first kappa shape index (κ1) is 13.5. The van der Waals surface area contributed by atoms with Crippen molar-refractivity contribution in [2.45, 2.75) is 12.5 Å². The van der Waals surface area contributed by atoms with Gasteiger partial charge in [0.1, 0.15) is 0 Å². The highest BCUT2D eigenvalue weighted by Crippen LogP contribution is 2.15. The van der Waals surface area contributed by atoms with E-state index in [9.17, 15) is 4.79 Å². The molecular weight excluding hydrogens is 260 g/mol. The van der Waals surface area contributed by atoms with Crippen molar-refractivity contribution in [3.05, 3.63) is 78.0 Å². The van der Waals surface area contributed by atoms with Crippen molar-refractivity contribution in [2.24, 2.45) is 5.73 Å². The minimum atomic E-state index is -0.526. The van der Waals surface area contributed by atoms with Gasteiger partial charge in [-0.2, -0.15) is 0 Å². The Labute approximate surface area is 123 Å². The molecule has 0 saturated heterocycles. The van der Waals surface area contributed by atoms with E-state index >= 15 is 0 Å². The number of Topliss-reactive ketones (excluding diaryl/α,β-unsaturated/α-hetero) is 1. The fourth-order valence-corrected chi connectivity index (χ4v) is 2.40. The Hall–Kier alpha value is -2.52. The van der Waals surface area contributed by atoms with Crippen molar-refractivity contribution in [3.8, 4) is 0 Å². The molecule has 0 aliphatic rings. The number of fused-ring (bicyclic) bond motifs is 1. The first-order chi connectivity index (χ1) is 10.2. The number of nitrogens with two attached hydrogens (primary N) is 1. The van der Waals surface area contributed by atoms with E-state index in [1.165, 1.54) is 0 Å². The van der Waals surface area contributed by atoms with Gasteiger partial charge < -0.3 is 5.73 Å². The zero-order chi connectivity index (χ0) is 14.7. The summed E-state index contributed by atoms with van der Waals surface area (Å²) < 4.78 is 0. The fraction of sp³-hybridized carbons (Fsp3) is 0.111. The van der Waals surface area contributed by atoms with E-state index in [0.29, 0.717) is 12.0 Å². The number of carbonyl (C=O) groups is 1. The lowest BCUT2D eigenvalue weighted by molar-refractivity contribution is 0.0961. The molecule has 0 aliphatic heterocycles. The second kappa shape index (κ2) is 5.85. The molecule has 1 atom stereocenters. The largest absolute Gasteiger partial charge is 0.321 e. The standard InChI is InChI=1S/C18H16N2O/c19-16(11-13-5-2-1-3-6-13)18(21)15-8-9-17-14(12-15)7-4-10-20-17/h1-10,12,16H,11,19H2. The number of nitrogens with zero attached hydrogens (tertiary/aromatic N) is 1. The molecular formula is C18H16N2O. The Kier molecular flexibility index (Phi) is 3.75. The molecule has 3 rings (SSSR count). The monoisotopic (exact) mass is 276 g/mol. The SMILES string of the molecule is NC(Cc1ccccc1)C(=O)c1ccc2ncccc2c1. The van der Waals surface area contributed by atoms with Crippen LogP contribution in [0.1, 0.15) is 15.9 Å². The highest BCUT2D eigenvalue weighted by atomic mass is 16.1. The van der Waals surface area contributed by atoms with Crippen LogP contribution in [0.15, 0.2) is 66.9 Å².